The predicted octanol–water partition coefficient (Wildman–Crippen LogP) is 5.69. The van der Waals surface area contributed by atoms with Gasteiger partial charge in [-0.05, 0) is 94.6 Å². The summed E-state index contributed by atoms with van der Waals surface area (Å²) in [6.07, 6.45) is 1.57. The van der Waals surface area contributed by atoms with Crippen LogP contribution in [0.3, 0.4) is 0 Å². The fraction of sp³-hybridized carbons (Fsp3) is 0.273. The van der Waals surface area contributed by atoms with Crippen LogP contribution < -0.4 is 19.2 Å². The molecular formula is C33H38N4O5S. The van der Waals surface area contributed by atoms with E-state index in [-0.39, 0.29) is 10.6 Å². The number of hydrazone groups is 1. The third kappa shape index (κ3) is 6.75. The normalized spacial score (nSPS) is 11.5. The van der Waals surface area contributed by atoms with Crippen molar-refractivity contribution in [3.05, 3.63) is 99.9 Å². The highest BCUT2D eigenvalue weighted by molar-refractivity contribution is 7.92. The molecule has 4 rings (SSSR count). The highest BCUT2D eigenvalue weighted by atomic mass is 32.2. The highest BCUT2D eigenvalue weighted by Gasteiger charge is 2.29. The van der Waals surface area contributed by atoms with E-state index in [0.29, 0.717) is 11.4 Å². The van der Waals surface area contributed by atoms with Gasteiger partial charge in [0.1, 0.15) is 6.54 Å². The zero-order chi connectivity index (χ0) is 31.5. The van der Waals surface area contributed by atoms with E-state index in [1.165, 1.54) is 38.0 Å². The van der Waals surface area contributed by atoms with Crippen LogP contribution in [0, 0.1) is 41.5 Å². The van der Waals surface area contributed by atoms with Gasteiger partial charge in [0.25, 0.3) is 15.9 Å². The second kappa shape index (κ2) is 12.7. The van der Waals surface area contributed by atoms with Crippen LogP contribution in [-0.2, 0) is 14.8 Å². The number of nitrogens with zero attached hydrogens (tertiary/aromatic N) is 3. The van der Waals surface area contributed by atoms with Gasteiger partial charge < -0.3 is 14.0 Å². The van der Waals surface area contributed by atoms with E-state index in [4.69, 9.17) is 9.47 Å². The fourth-order valence-electron chi connectivity index (χ4n) is 5.20. The molecule has 0 unspecified atom stereocenters. The lowest BCUT2D eigenvalue weighted by molar-refractivity contribution is -0.119. The number of amides is 1. The quantitative estimate of drug-likeness (QED) is 0.186. The number of ether oxygens (including phenoxy) is 2. The van der Waals surface area contributed by atoms with Gasteiger partial charge in [-0.25, -0.2) is 13.8 Å². The Kier molecular flexibility index (Phi) is 9.30. The van der Waals surface area contributed by atoms with Gasteiger partial charge in [0.2, 0.25) is 0 Å². The highest BCUT2D eigenvalue weighted by Crippen LogP contribution is 2.32. The Morgan fingerprint density at radius 1 is 0.860 bits per heavy atom. The molecule has 0 aliphatic rings. The van der Waals surface area contributed by atoms with E-state index >= 15 is 0 Å². The summed E-state index contributed by atoms with van der Waals surface area (Å²) in [5.41, 5.74) is 10.8. The number of aryl methyl sites for hydroxylation is 5. The number of nitrogens with one attached hydrogen (secondary N) is 1. The SMILES string of the molecule is COc1ccc(S(=O)(=O)N(CC(=O)N/N=C/c2cc(C)n(-c3ccc(C)cc3C)c2C)c2cc(C)cc(C)c2)cc1OC. The topological polar surface area (TPSA) is 102 Å². The van der Waals surface area contributed by atoms with Crippen molar-refractivity contribution >= 4 is 27.8 Å². The standard InChI is InChI=1S/C33H38N4O5S/c1-21-9-11-30(24(4)14-21)37-25(5)17-27(26(37)6)19-34-35-33(38)20-36(28-15-22(2)13-23(3)16-28)43(39,40)29-10-12-31(41-7)32(18-29)42-8/h9-19H,20H2,1-8H3,(H,35,38)/b34-19+. The number of aromatic nitrogens is 1. The van der Waals surface area contributed by atoms with E-state index in [9.17, 15) is 13.2 Å². The molecule has 9 nitrogen and oxygen atoms in total. The first kappa shape index (κ1) is 31.4. The van der Waals surface area contributed by atoms with Crippen molar-refractivity contribution in [1.82, 2.24) is 9.99 Å². The Morgan fingerprint density at radius 3 is 2.16 bits per heavy atom. The Balaban J connectivity index is 1.62. The van der Waals surface area contributed by atoms with Crippen LogP contribution in [0.1, 0.15) is 39.2 Å². The molecule has 226 valence electrons. The molecule has 43 heavy (non-hydrogen) atoms. The zero-order valence-electron chi connectivity index (χ0n) is 25.8. The Morgan fingerprint density at radius 2 is 1.53 bits per heavy atom. The maximum Gasteiger partial charge on any atom is 0.264 e. The number of hydrogen-bond donors (Lipinski definition) is 1. The Labute approximate surface area is 253 Å². The van der Waals surface area contributed by atoms with Crippen LogP contribution in [-0.4, -0.2) is 45.9 Å². The summed E-state index contributed by atoms with van der Waals surface area (Å²) in [5, 5.41) is 4.18. The second-order valence-corrected chi connectivity index (χ2v) is 12.5. The molecule has 0 atom stereocenters. The number of carbonyl (C=O) groups excluding carboxylic acids is 1. The molecule has 0 saturated heterocycles. The minimum Gasteiger partial charge on any atom is -0.493 e. The monoisotopic (exact) mass is 602 g/mol. The zero-order valence-corrected chi connectivity index (χ0v) is 26.7. The summed E-state index contributed by atoms with van der Waals surface area (Å²) < 4.78 is 41.7. The molecule has 0 fully saturated rings. The van der Waals surface area contributed by atoms with E-state index in [1.807, 2.05) is 39.8 Å². The van der Waals surface area contributed by atoms with Gasteiger partial charge in [0, 0.05) is 28.7 Å². The van der Waals surface area contributed by atoms with Crippen molar-refractivity contribution in [2.45, 2.75) is 46.4 Å². The molecule has 0 saturated carbocycles. The first-order valence-corrected chi connectivity index (χ1v) is 15.2. The van der Waals surface area contributed by atoms with Crippen molar-refractivity contribution in [3.63, 3.8) is 0 Å². The van der Waals surface area contributed by atoms with E-state index < -0.39 is 22.5 Å². The van der Waals surface area contributed by atoms with E-state index in [2.05, 4.69) is 47.1 Å². The van der Waals surface area contributed by atoms with Gasteiger partial charge >= 0.3 is 0 Å². The summed E-state index contributed by atoms with van der Waals surface area (Å²) >= 11 is 0. The Bertz CT molecular complexity index is 1790. The number of sulfonamides is 1. The average Bonchev–Trinajstić information content (AvgIpc) is 3.22. The molecule has 4 aromatic rings. The van der Waals surface area contributed by atoms with Gasteiger partial charge in [0.15, 0.2) is 11.5 Å². The average molecular weight is 603 g/mol. The summed E-state index contributed by atoms with van der Waals surface area (Å²) in [6, 6.07) is 18.0. The molecule has 3 aromatic carbocycles. The molecule has 0 spiro atoms. The van der Waals surface area contributed by atoms with Crippen molar-refractivity contribution in [2.75, 3.05) is 25.1 Å². The molecule has 0 bridgehead atoms. The van der Waals surface area contributed by atoms with Crippen LogP contribution in [0.15, 0.2) is 70.7 Å². The third-order valence-electron chi connectivity index (χ3n) is 7.18. The van der Waals surface area contributed by atoms with Gasteiger partial charge in [-0.3, -0.25) is 9.10 Å². The molecule has 10 heteroatoms. The largest absolute Gasteiger partial charge is 0.493 e. The number of carbonyl (C=O) groups is 1. The van der Waals surface area contributed by atoms with Crippen molar-refractivity contribution in [1.29, 1.82) is 0 Å². The first-order chi connectivity index (χ1) is 20.3. The molecule has 1 heterocycles. The molecule has 1 aromatic heterocycles. The van der Waals surface area contributed by atoms with Gasteiger partial charge in [-0.2, -0.15) is 5.10 Å². The minimum atomic E-state index is -4.18. The molecule has 1 N–H and O–H groups in total. The number of benzene rings is 3. The summed E-state index contributed by atoms with van der Waals surface area (Å²) in [6.45, 7) is 11.4. The predicted molar refractivity (Wildman–Crippen MR) is 170 cm³/mol. The lowest BCUT2D eigenvalue weighted by Crippen LogP contribution is -2.39. The van der Waals surface area contributed by atoms with Crippen molar-refractivity contribution in [3.8, 4) is 17.2 Å². The van der Waals surface area contributed by atoms with Crippen LogP contribution in [0.2, 0.25) is 0 Å². The van der Waals surface area contributed by atoms with Gasteiger partial charge in [-0.15, -0.1) is 0 Å². The van der Waals surface area contributed by atoms with Crippen LogP contribution in [0.25, 0.3) is 5.69 Å². The number of anilines is 1. The van der Waals surface area contributed by atoms with Crippen LogP contribution >= 0.6 is 0 Å². The minimum absolute atomic E-state index is 0.0422. The fourth-order valence-corrected chi connectivity index (χ4v) is 6.62. The number of hydrogen-bond acceptors (Lipinski definition) is 6. The van der Waals surface area contributed by atoms with Crippen LogP contribution in [0.5, 0.6) is 11.5 Å². The number of rotatable bonds is 10. The third-order valence-corrected chi connectivity index (χ3v) is 8.95. The number of methoxy groups -OCH3 is 2. The lowest BCUT2D eigenvalue weighted by atomic mass is 10.1. The molecular weight excluding hydrogens is 564 g/mol. The first-order valence-electron chi connectivity index (χ1n) is 13.8. The van der Waals surface area contributed by atoms with Crippen molar-refractivity contribution < 1.29 is 22.7 Å². The van der Waals surface area contributed by atoms with Crippen LogP contribution in [0.4, 0.5) is 5.69 Å². The second-order valence-electron chi connectivity index (χ2n) is 10.6. The van der Waals surface area contributed by atoms with Gasteiger partial charge in [0.05, 0.1) is 31.0 Å². The Hall–Kier alpha value is -4.57. The lowest BCUT2D eigenvalue weighted by Gasteiger charge is -2.25. The summed E-state index contributed by atoms with van der Waals surface area (Å²) in [7, 11) is -1.28. The van der Waals surface area contributed by atoms with E-state index in [1.54, 1.807) is 18.3 Å². The summed E-state index contributed by atoms with van der Waals surface area (Å²) in [5.74, 6) is 0.0578. The van der Waals surface area contributed by atoms with E-state index in [0.717, 1.165) is 43.6 Å². The van der Waals surface area contributed by atoms with Gasteiger partial charge in [-0.1, -0.05) is 23.8 Å². The van der Waals surface area contributed by atoms with Crippen molar-refractivity contribution in [2.24, 2.45) is 5.10 Å². The molecule has 0 aliphatic carbocycles. The smallest absolute Gasteiger partial charge is 0.264 e. The maximum absolute atomic E-state index is 13.9. The maximum atomic E-state index is 13.9. The molecule has 0 radical (unpaired) electrons. The molecule has 1 amide bonds. The summed E-state index contributed by atoms with van der Waals surface area (Å²) in [4.78, 5) is 13.1. The molecule has 0 aliphatic heterocycles.